The molecule has 3 heteroatoms. The van der Waals surface area contributed by atoms with E-state index >= 15 is 0 Å². The van der Waals surface area contributed by atoms with Crippen LogP contribution in [0.25, 0.3) is 5.57 Å². The minimum Gasteiger partial charge on any atom is -0.463 e. The Balaban J connectivity index is 1.24. The number of fused-ring (bicyclic) bond motifs is 5. The van der Waals surface area contributed by atoms with Crippen molar-refractivity contribution in [2.75, 3.05) is 0 Å². The highest BCUT2D eigenvalue weighted by atomic mass is 16.5. The van der Waals surface area contributed by atoms with Gasteiger partial charge in [0, 0.05) is 6.92 Å². The van der Waals surface area contributed by atoms with Crippen molar-refractivity contribution >= 4 is 11.5 Å². The number of allylic oxidation sites excluding steroid dienone is 1. The molecule has 4 saturated carbocycles. The van der Waals surface area contributed by atoms with Crippen molar-refractivity contribution in [3.8, 4) is 0 Å². The summed E-state index contributed by atoms with van der Waals surface area (Å²) in [5.41, 5.74) is 4.44. The summed E-state index contributed by atoms with van der Waals surface area (Å²) in [6, 6.07) is 21.7. The van der Waals surface area contributed by atoms with Gasteiger partial charge in [-0.1, -0.05) is 101 Å². The fourth-order valence-corrected chi connectivity index (χ4v) is 11.4. The van der Waals surface area contributed by atoms with E-state index in [0.717, 1.165) is 32.1 Å². The van der Waals surface area contributed by atoms with Gasteiger partial charge in [-0.2, -0.15) is 0 Å². The Kier molecular flexibility index (Phi) is 8.68. The summed E-state index contributed by atoms with van der Waals surface area (Å²) in [7, 11) is 0. The van der Waals surface area contributed by atoms with Crippen molar-refractivity contribution in [3.63, 3.8) is 0 Å². The van der Waals surface area contributed by atoms with Gasteiger partial charge in [0.05, 0.1) is 6.10 Å². The summed E-state index contributed by atoms with van der Waals surface area (Å²) in [6.07, 6.45) is 12.4. The maximum atomic E-state index is 12.2. The van der Waals surface area contributed by atoms with E-state index in [1.165, 1.54) is 49.3 Å². The predicted molar refractivity (Wildman–Crippen MR) is 175 cm³/mol. The van der Waals surface area contributed by atoms with Crippen LogP contribution >= 0.6 is 0 Å². The molecule has 3 nitrogen and oxygen atoms in total. The molecule has 0 radical (unpaired) electrons. The summed E-state index contributed by atoms with van der Waals surface area (Å²) in [5.74, 6) is 3.41. The molecule has 43 heavy (non-hydrogen) atoms. The smallest absolute Gasteiger partial charge is 0.302 e. The molecular formula is C40H54O3. The first kappa shape index (κ1) is 30.6. The van der Waals surface area contributed by atoms with Gasteiger partial charge < -0.3 is 9.84 Å². The first-order valence-corrected chi connectivity index (χ1v) is 17.3. The maximum absolute atomic E-state index is 12.2. The number of hydrogen-bond acceptors (Lipinski definition) is 3. The molecule has 1 N–H and O–H groups in total. The van der Waals surface area contributed by atoms with Crippen LogP contribution in [0.15, 0.2) is 66.7 Å². The number of ether oxygens (including phenoxy) is 1. The van der Waals surface area contributed by atoms with E-state index in [-0.39, 0.29) is 29.0 Å². The second kappa shape index (κ2) is 12.2. The van der Waals surface area contributed by atoms with Crippen molar-refractivity contribution in [1.82, 2.24) is 0 Å². The van der Waals surface area contributed by atoms with Crippen LogP contribution in [0.5, 0.6) is 0 Å². The van der Waals surface area contributed by atoms with Gasteiger partial charge in [0.2, 0.25) is 0 Å². The normalized spacial score (nSPS) is 39.1. The number of benzene rings is 2. The summed E-state index contributed by atoms with van der Waals surface area (Å²) >= 11 is 0. The number of carbonyl (C=O) groups excluding carboxylic acids is 1. The molecule has 0 aromatic heterocycles. The molecule has 0 spiro atoms. The molecule has 0 saturated heterocycles. The Morgan fingerprint density at radius 2 is 1.51 bits per heavy atom. The molecule has 0 bridgehead atoms. The van der Waals surface area contributed by atoms with Crippen LogP contribution in [0.4, 0.5) is 0 Å². The molecule has 0 aliphatic heterocycles. The van der Waals surface area contributed by atoms with E-state index in [4.69, 9.17) is 4.74 Å². The predicted octanol–water partition coefficient (Wildman–Crippen LogP) is 9.34. The standard InChI is InChI=1S/C40H54O3/c1-6-31-36-25-30(43-27(3)41)21-23-40(36,5)35-22-24-39(4)33(19-20-34(39)37(35)38(31)42)26(2)17-18-32(28-13-9-7-10-14-28)29-15-11-8-12-16-29/h7-16,18,26,30-31,33-38,42H,6,17,19-25H2,1-5H3/t26-,30-,31-,33-,34+,35+,36+,37+,38-,39-,40-/m1/s1. The molecule has 2 aromatic carbocycles. The maximum Gasteiger partial charge on any atom is 0.302 e. The third-order valence-corrected chi connectivity index (χ3v) is 13.3. The number of carbonyl (C=O) groups is 1. The quantitative estimate of drug-likeness (QED) is 0.331. The second-order valence-electron chi connectivity index (χ2n) is 15.3. The molecule has 6 rings (SSSR count). The highest BCUT2D eigenvalue weighted by molar-refractivity contribution is 5.79. The average molecular weight is 583 g/mol. The molecular weight excluding hydrogens is 528 g/mol. The number of aliphatic hydroxyl groups excluding tert-OH is 1. The fraction of sp³-hybridized carbons (Fsp3) is 0.625. The first-order chi connectivity index (χ1) is 20.7. The van der Waals surface area contributed by atoms with Gasteiger partial charge in [-0.05, 0) is 120 Å². The zero-order chi connectivity index (χ0) is 30.4. The average Bonchev–Trinajstić information content (AvgIpc) is 3.36. The molecule has 232 valence electrons. The molecule has 4 fully saturated rings. The van der Waals surface area contributed by atoms with Gasteiger partial charge in [-0.3, -0.25) is 4.79 Å². The van der Waals surface area contributed by atoms with Gasteiger partial charge in [0.15, 0.2) is 0 Å². The van der Waals surface area contributed by atoms with Gasteiger partial charge in [0.1, 0.15) is 6.10 Å². The molecule has 11 atom stereocenters. The van der Waals surface area contributed by atoms with E-state index in [9.17, 15) is 9.90 Å². The third kappa shape index (κ3) is 5.43. The topological polar surface area (TPSA) is 46.5 Å². The van der Waals surface area contributed by atoms with Crippen molar-refractivity contribution in [2.24, 2.45) is 52.3 Å². The Labute approximate surface area is 260 Å². The van der Waals surface area contributed by atoms with Gasteiger partial charge in [0.25, 0.3) is 0 Å². The van der Waals surface area contributed by atoms with Crippen LogP contribution in [0.1, 0.15) is 104 Å². The lowest BCUT2D eigenvalue weighted by molar-refractivity contribution is -0.207. The highest BCUT2D eigenvalue weighted by Crippen LogP contribution is 2.69. The number of aliphatic hydroxyl groups is 1. The summed E-state index contributed by atoms with van der Waals surface area (Å²) in [4.78, 5) is 11.8. The lowest BCUT2D eigenvalue weighted by Crippen LogP contribution is -2.62. The van der Waals surface area contributed by atoms with Crippen LogP contribution in [-0.4, -0.2) is 23.3 Å². The van der Waals surface area contributed by atoms with Crippen molar-refractivity contribution < 1.29 is 14.6 Å². The minimum atomic E-state index is -0.245. The van der Waals surface area contributed by atoms with Crippen molar-refractivity contribution in [2.45, 2.75) is 105 Å². The van der Waals surface area contributed by atoms with Crippen LogP contribution in [0.2, 0.25) is 0 Å². The summed E-state index contributed by atoms with van der Waals surface area (Å²) in [6.45, 7) is 11.4. The van der Waals surface area contributed by atoms with Gasteiger partial charge >= 0.3 is 5.97 Å². The number of esters is 1. The van der Waals surface area contributed by atoms with Gasteiger partial charge in [-0.25, -0.2) is 0 Å². The summed E-state index contributed by atoms with van der Waals surface area (Å²) < 4.78 is 5.75. The van der Waals surface area contributed by atoms with Crippen LogP contribution < -0.4 is 0 Å². The largest absolute Gasteiger partial charge is 0.463 e. The van der Waals surface area contributed by atoms with E-state index in [1.807, 2.05) is 0 Å². The number of hydrogen-bond donors (Lipinski definition) is 1. The second-order valence-corrected chi connectivity index (χ2v) is 15.3. The zero-order valence-corrected chi connectivity index (χ0v) is 27.2. The molecule has 2 aromatic rings. The minimum absolute atomic E-state index is 0.0173. The lowest BCUT2D eigenvalue weighted by atomic mass is 9.41. The Hall–Kier alpha value is -2.39. The summed E-state index contributed by atoms with van der Waals surface area (Å²) in [5, 5.41) is 12.2. The Bertz CT molecular complexity index is 1240. The zero-order valence-electron chi connectivity index (χ0n) is 27.2. The van der Waals surface area contributed by atoms with Gasteiger partial charge in [-0.15, -0.1) is 0 Å². The van der Waals surface area contributed by atoms with Crippen molar-refractivity contribution in [1.29, 1.82) is 0 Å². The first-order valence-electron chi connectivity index (χ1n) is 17.3. The SMILES string of the molecule is CC[C@H]1[C@@H](O)[C@@H]2[C@H](CC[C@]3(C)[C@@H]([C@H](C)CC=C(c4ccccc4)c4ccccc4)CC[C@@H]23)[C@@]2(C)CC[C@@H](OC(C)=O)C[C@@H]12. The van der Waals surface area contributed by atoms with E-state index in [2.05, 4.69) is 94.4 Å². The molecule has 0 amide bonds. The molecule has 4 aliphatic rings. The molecule has 4 aliphatic carbocycles. The molecule has 0 heterocycles. The van der Waals surface area contributed by atoms with E-state index < -0.39 is 0 Å². The van der Waals surface area contributed by atoms with E-state index in [0.29, 0.717) is 41.4 Å². The van der Waals surface area contributed by atoms with E-state index in [1.54, 1.807) is 0 Å². The van der Waals surface area contributed by atoms with Crippen LogP contribution in [0, 0.1) is 52.3 Å². The van der Waals surface area contributed by atoms with Crippen LogP contribution in [-0.2, 0) is 9.53 Å². The third-order valence-electron chi connectivity index (χ3n) is 13.3. The Morgan fingerprint density at radius 1 is 0.907 bits per heavy atom. The Morgan fingerprint density at radius 3 is 2.12 bits per heavy atom. The van der Waals surface area contributed by atoms with Crippen LogP contribution in [0.3, 0.4) is 0 Å². The fourth-order valence-electron chi connectivity index (χ4n) is 11.4. The number of rotatable bonds is 7. The monoisotopic (exact) mass is 582 g/mol. The molecule has 0 unspecified atom stereocenters. The van der Waals surface area contributed by atoms with Crippen molar-refractivity contribution in [3.05, 3.63) is 77.9 Å². The highest BCUT2D eigenvalue weighted by Gasteiger charge is 2.65. The lowest BCUT2D eigenvalue weighted by Gasteiger charge is -2.64.